The molecule has 1 heterocycles. The van der Waals surface area contributed by atoms with Crippen LogP contribution < -0.4 is 5.73 Å². The van der Waals surface area contributed by atoms with Crippen molar-refractivity contribution in [1.29, 1.82) is 0 Å². The fourth-order valence-corrected chi connectivity index (χ4v) is 3.64. The van der Waals surface area contributed by atoms with Gasteiger partial charge in [-0.3, -0.25) is 4.90 Å². The molecule has 100 valence electrons. The largest absolute Gasteiger partial charge is 0.326 e. The van der Waals surface area contributed by atoms with Crippen LogP contribution in [0.1, 0.15) is 25.5 Å². The molecular weight excluding hydrogens is 247 g/mol. The monoisotopic (exact) mass is 268 g/mol. The Kier molecular flexibility index (Phi) is 4.65. The molecule has 18 heavy (non-hydrogen) atoms. The van der Waals surface area contributed by atoms with E-state index in [1.165, 1.54) is 12.1 Å². The van der Waals surface area contributed by atoms with Crippen molar-refractivity contribution in [3.8, 4) is 0 Å². The first-order valence-electron chi connectivity index (χ1n) is 6.44. The van der Waals surface area contributed by atoms with E-state index < -0.39 is 0 Å². The van der Waals surface area contributed by atoms with Crippen molar-refractivity contribution < 1.29 is 4.39 Å². The van der Waals surface area contributed by atoms with Crippen molar-refractivity contribution in [2.45, 2.75) is 31.2 Å². The molecule has 1 aliphatic rings. The summed E-state index contributed by atoms with van der Waals surface area (Å²) in [5.41, 5.74) is 7.26. The van der Waals surface area contributed by atoms with Crippen molar-refractivity contribution in [2.75, 3.05) is 18.8 Å². The maximum Gasteiger partial charge on any atom is 0.123 e. The summed E-state index contributed by atoms with van der Waals surface area (Å²) in [7, 11) is 0. The van der Waals surface area contributed by atoms with E-state index >= 15 is 0 Å². The number of hydrogen-bond donors (Lipinski definition) is 1. The van der Waals surface area contributed by atoms with E-state index in [0.29, 0.717) is 5.25 Å². The summed E-state index contributed by atoms with van der Waals surface area (Å²) in [6.07, 6.45) is 0. The molecule has 2 nitrogen and oxygen atoms in total. The number of nitrogens with zero attached hydrogens (tertiary/aromatic N) is 1. The van der Waals surface area contributed by atoms with Gasteiger partial charge in [-0.25, -0.2) is 4.39 Å². The summed E-state index contributed by atoms with van der Waals surface area (Å²) < 4.78 is 13.0. The van der Waals surface area contributed by atoms with Gasteiger partial charge in [0.2, 0.25) is 0 Å². The zero-order valence-corrected chi connectivity index (χ0v) is 11.8. The van der Waals surface area contributed by atoms with Gasteiger partial charge in [0, 0.05) is 36.2 Å². The Morgan fingerprint density at radius 1 is 1.39 bits per heavy atom. The van der Waals surface area contributed by atoms with Crippen molar-refractivity contribution >= 4 is 11.8 Å². The number of benzene rings is 1. The highest BCUT2D eigenvalue weighted by Gasteiger charge is 2.27. The van der Waals surface area contributed by atoms with Crippen LogP contribution in [-0.4, -0.2) is 35.0 Å². The zero-order valence-electron chi connectivity index (χ0n) is 11.0. The van der Waals surface area contributed by atoms with Gasteiger partial charge in [-0.15, -0.1) is 0 Å². The Hall–Kier alpha value is -0.580. The van der Waals surface area contributed by atoms with E-state index in [9.17, 15) is 4.39 Å². The lowest BCUT2D eigenvalue weighted by Gasteiger charge is -2.39. The highest BCUT2D eigenvalue weighted by atomic mass is 32.2. The summed E-state index contributed by atoms with van der Waals surface area (Å²) in [5.74, 6) is 0.954. The second-order valence-corrected chi connectivity index (χ2v) is 6.58. The van der Waals surface area contributed by atoms with Gasteiger partial charge in [0.15, 0.2) is 0 Å². The first kappa shape index (κ1) is 13.8. The van der Waals surface area contributed by atoms with E-state index in [1.807, 2.05) is 30.8 Å². The van der Waals surface area contributed by atoms with E-state index in [4.69, 9.17) is 5.73 Å². The molecule has 1 saturated heterocycles. The molecular formula is C14H21FN2S. The molecule has 3 unspecified atom stereocenters. The molecule has 0 aliphatic carbocycles. The van der Waals surface area contributed by atoms with Crippen molar-refractivity contribution in [2.24, 2.45) is 5.73 Å². The Balaban J connectivity index is 2.19. The van der Waals surface area contributed by atoms with Crippen LogP contribution in [0.3, 0.4) is 0 Å². The van der Waals surface area contributed by atoms with E-state index in [0.717, 1.165) is 24.4 Å². The standard InChI is InChI=1S/C14H21FN2S/c1-10-9-17(7-8-18-10)14(11(2)16)12-3-5-13(15)6-4-12/h3-6,10-11,14H,7-9,16H2,1-2H3. The van der Waals surface area contributed by atoms with Crippen LogP contribution in [0.15, 0.2) is 24.3 Å². The molecule has 1 aromatic rings. The van der Waals surface area contributed by atoms with Crippen LogP contribution in [-0.2, 0) is 0 Å². The quantitative estimate of drug-likeness (QED) is 0.914. The lowest BCUT2D eigenvalue weighted by molar-refractivity contribution is 0.184. The highest BCUT2D eigenvalue weighted by Crippen LogP contribution is 2.29. The highest BCUT2D eigenvalue weighted by molar-refractivity contribution is 7.99. The fraction of sp³-hybridized carbons (Fsp3) is 0.571. The van der Waals surface area contributed by atoms with Gasteiger partial charge >= 0.3 is 0 Å². The van der Waals surface area contributed by atoms with Gasteiger partial charge in [0.25, 0.3) is 0 Å². The number of hydrogen-bond acceptors (Lipinski definition) is 3. The van der Waals surface area contributed by atoms with E-state index in [1.54, 1.807) is 0 Å². The second-order valence-electron chi connectivity index (χ2n) is 5.03. The minimum Gasteiger partial charge on any atom is -0.326 e. The van der Waals surface area contributed by atoms with E-state index in [2.05, 4.69) is 11.8 Å². The van der Waals surface area contributed by atoms with Crippen LogP contribution in [0.2, 0.25) is 0 Å². The molecule has 0 radical (unpaired) electrons. The SMILES string of the molecule is CC1CN(C(c2ccc(F)cc2)C(C)N)CCS1. The molecule has 0 saturated carbocycles. The Morgan fingerprint density at radius 3 is 2.61 bits per heavy atom. The number of nitrogens with two attached hydrogens (primary N) is 1. The average molecular weight is 268 g/mol. The molecule has 2 N–H and O–H groups in total. The molecule has 0 bridgehead atoms. The molecule has 1 aliphatic heterocycles. The Bertz CT molecular complexity index is 380. The normalized spacial score (nSPS) is 24.8. The average Bonchev–Trinajstić information content (AvgIpc) is 2.32. The van der Waals surface area contributed by atoms with Crippen LogP contribution in [0.4, 0.5) is 4.39 Å². The predicted octanol–water partition coefficient (Wildman–Crippen LogP) is 2.65. The number of halogens is 1. The minimum absolute atomic E-state index is 0.0470. The van der Waals surface area contributed by atoms with Gasteiger partial charge in [-0.1, -0.05) is 19.1 Å². The molecule has 3 atom stereocenters. The molecule has 0 aromatic heterocycles. The van der Waals surface area contributed by atoms with E-state index in [-0.39, 0.29) is 17.9 Å². The molecule has 1 aromatic carbocycles. The smallest absolute Gasteiger partial charge is 0.123 e. The summed E-state index contributed by atoms with van der Waals surface area (Å²) in [5, 5.41) is 0.639. The summed E-state index contributed by atoms with van der Waals surface area (Å²) >= 11 is 2.01. The predicted molar refractivity (Wildman–Crippen MR) is 76.3 cm³/mol. The van der Waals surface area contributed by atoms with Crippen LogP contribution in [0, 0.1) is 5.82 Å². The van der Waals surface area contributed by atoms with Gasteiger partial charge < -0.3 is 5.73 Å². The lowest BCUT2D eigenvalue weighted by atomic mass is 9.99. The molecule has 1 fully saturated rings. The van der Waals surface area contributed by atoms with Crippen LogP contribution >= 0.6 is 11.8 Å². The summed E-state index contributed by atoms with van der Waals surface area (Å²) in [4.78, 5) is 2.43. The molecule has 0 amide bonds. The van der Waals surface area contributed by atoms with Crippen LogP contribution in [0.25, 0.3) is 0 Å². The third-order valence-corrected chi connectivity index (χ3v) is 4.51. The first-order valence-corrected chi connectivity index (χ1v) is 7.49. The summed E-state index contributed by atoms with van der Waals surface area (Å²) in [6.45, 7) is 6.38. The van der Waals surface area contributed by atoms with Gasteiger partial charge in [-0.2, -0.15) is 11.8 Å². The van der Waals surface area contributed by atoms with Gasteiger partial charge in [0.1, 0.15) is 5.82 Å². The second kappa shape index (κ2) is 6.04. The topological polar surface area (TPSA) is 29.3 Å². The number of rotatable bonds is 3. The maximum atomic E-state index is 13.0. The third kappa shape index (κ3) is 3.25. The maximum absolute atomic E-state index is 13.0. The van der Waals surface area contributed by atoms with Gasteiger partial charge in [-0.05, 0) is 24.6 Å². The van der Waals surface area contributed by atoms with Crippen molar-refractivity contribution in [1.82, 2.24) is 4.90 Å². The third-order valence-electron chi connectivity index (χ3n) is 3.38. The minimum atomic E-state index is -0.190. The first-order chi connectivity index (χ1) is 8.58. The number of thioether (sulfide) groups is 1. The molecule has 2 rings (SSSR count). The van der Waals surface area contributed by atoms with Gasteiger partial charge in [0.05, 0.1) is 0 Å². The lowest BCUT2D eigenvalue weighted by Crippen LogP contribution is -2.45. The Morgan fingerprint density at radius 2 is 2.06 bits per heavy atom. The fourth-order valence-electron chi connectivity index (χ4n) is 2.60. The molecule has 4 heteroatoms. The van der Waals surface area contributed by atoms with Crippen molar-refractivity contribution in [3.05, 3.63) is 35.6 Å². The van der Waals surface area contributed by atoms with Crippen molar-refractivity contribution in [3.63, 3.8) is 0 Å². The zero-order chi connectivity index (χ0) is 13.1. The summed E-state index contributed by atoms with van der Waals surface area (Å²) in [6, 6.07) is 6.99. The molecule has 0 spiro atoms. The Labute approximate surface area is 113 Å². The van der Waals surface area contributed by atoms with Crippen LogP contribution in [0.5, 0.6) is 0 Å².